The molecule has 0 saturated carbocycles. The Kier molecular flexibility index (Phi) is 5.98. The number of rotatable bonds is 5. The predicted octanol–water partition coefficient (Wildman–Crippen LogP) is 3.81. The van der Waals surface area contributed by atoms with Gasteiger partial charge in [0.1, 0.15) is 5.82 Å². The summed E-state index contributed by atoms with van der Waals surface area (Å²) in [7, 11) is 0. The summed E-state index contributed by atoms with van der Waals surface area (Å²) in [5, 5.41) is 12.9. The monoisotopic (exact) mass is 405 g/mol. The van der Waals surface area contributed by atoms with Gasteiger partial charge in [-0.1, -0.05) is 23.2 Å². The number of nitrogens with zero attached hydrogens (tertiary/aromatic N) is 2. The normalized spacial score (nSPS) is 16.7. The van der Waals surface area contributed by atoms with Crippen LogP contribution < -0.4 is 5.32 Å². The number of hydrogen-bond donors (Lipinski definition) is 2. The first-order valence-corrected chi connectivity index (χ1v) is 9.06. The molecule has 2 heterocycles. The first-order chi connectivity index (χ1) is 12.9. The Morgan fingerprint density at radius 2 is 2.00 bits per heavy atom. The highest BCUT2D eigenvalue weighted by atomic mass is 35.5. The number of pyridine rings is 1. The summed E-state index contributed by atoms with van der Waals surface area (Å²) in [5.74, 6) is -0.566. The van der Waals surface area contributed by atoms with E-state index in [-0.39, 0.29) is 11.9 Å². The maximum absolute atomic E-state index is 12.6. The molecule has 140 valence electrons. The molecular weight excluding hydrogens is 389 g/mol. The van der Waals surface area contributed by atoms with Crippen molar-refractivity contribution in [3.8, 4) is 0 Å². The zero-order chi connectivity index (χ0) is 19.4. The van der Waals surface area contributed by atoms with Gasteiger partial charge in [-0.3, -0.25) is 4.79 Å². The van der Waals surface area contributed by atoms with Gasteiger partial charge in [0, 0.05) is 42.0 Å². The van der Waals surface area contributed by atoms with E-state index in [1.54, 1.807) is 41.4 Å². The second kappa shape index (κ2) is 8.41. The fourth-order valence-electron chi connectivity index (χ4n) is 2.85. The van der Waals surface area contributed by atoms with E-state index in [9.17, 15) is 9.59 Å². The Balaban J connectivity index is 1.62. The minimum Gasteiger partial charge on any atom is -0.478 e. The van der Waals surface area contributed by atoms with Crippen molar-refractivity contribution in [2.45, 2.75) is 12.5 Å². The Bertz CT molecular complexity index is 884. The van der Waals surface area contributed by atoms with Gasteiger partial charge in [-0.25, -0.2) is 9.78 Å². The zero-order valence-electron chi connectivity index (χ0n) is 14.2. The molecule has 27 heavy (non-hydrogen) atoms. The summed E-state index contributed by atoms with van der Waals surface area (Å²) in [5.41, 5.74) is 1.20. The number of aliphatic carboxylic acids is 1. The molecule has 0 unspecified atom stereocenters. The van der Waals surface area contributed by atoms with Crippen molar-refractivity contribution in [3.63, 3.8) is 0 Å². The molecule has 1 aromatic carbocycles. The molecule has 8 heteroatoms. The molecule has 1 fully saturated rings. The van der Waals surface area contributed by atoms with Gasteiger partial charge < -0.3 is 15.3 Å². The largest absolute Gasteiger partial charge is 0.478 e. The standard InChI is InChI=1S/C19H17Cl2N3O3/c20-14-4-2-13(3-5-14)19(27)24-8-7-15(11-24)23-18-16(21)9-12(10-22-18)1-6-17(25)26/h1-6,9-10,15H,7-8,11H2,(H,22,23)(H,25,26)/b6-1+/t15-/m1/s1. The van der Waals surface area contributed by atoms with Crippen molar-refractivity contribution in [3.05, 3.63) is 63.8 Å². The number of carboxylic acid groups (broad SMARTS) is 1. The quantitative estimate of drug-likeness (QED) is 0.738. The van der Waals surface area contributed by atoms with Crippen LogP contribution in [0.1, 0.15) is 22.3 Å². The van der Waals surface area contributed by atoms with Crippen molar-refractivity contribution in [1.29, 1.82) is 0 Å². The van der Waals surface area contributed by atoms with Gasteiger partial charge in [-0.15, -0.1) is 0 Å². The number of aromatic nitrogens is 1. The van der Waals surface area contributed by atoms with E-state index in [0.29, 0.717) is 40.1 Å². The van der Waals surface area contributed by atoms with Gasteiger partial charge in [0.25, 0.3) is 5.91 Å². The number of carboxylic acids is 1. The number of carbonyl (C=O) groups is 2. The number of hydrogen-bond acceptors (Lipinski definition) is 4. The van der Waals surface area contributed by atoms with Crippen LogP contribution >= 0.6 is 23.2 Å². The van der Waals surface area contributed by atoms with E-state index in [1.165, 1.54) is 6.08 Å². The van der Waals surface area contributed by atoms with Crippen molar-refractivity contribution < 1.29 is 14.7 Å². The summed E-state index contributed by atoms with van der Waals surface area (Å²) in [6, 6.07) is 8.50. The third-order valence-electron chi connectivity index (χ3n) is 4.19. The summed E-state index contributed by atoms with van der Waals surface area (Å²) >= 11 is 12.1. The fourth-order valence-corrected chi connectivity index (χ4v) is 3.20. The molecule has 0 bridgehead atoms. The van der Waals surface area contributed by atoms with Crippen LogP contribution in [-0.2, 0) is 4.79 Å². The van der Waals surface area contributed by atoms with Crippen LogP contribution in [0.5, 0.6) is 0 Å². The van der Waals surface area contributed by atoms with E-state index in [0.717, 1.165) is 12.5 Å². The Morgan fingerprint density at radius 3 is 2.67 bits per heavy atom. The van der Waals surface area contributed by atoms with E-state index in [1.807, 2.05) is 0 Å². The van der Waals surface area contributed by atoms with Crippen molar-refractivity contribution in [2.24, 2.45) is 0 Å². The van der Waals surface area contributed by atoms with Crippen LogP contribution in [0.25, 0.3) is 6.08 Å². The van der Waals surface area contributed by atoms with Gasteiger partial charge in [0.05, 0.1) is 5.02 Å². The molecule has 0 aliphatic carbocycles. The molecule has 6 nitrogen and oxygen atoms in total. The van der Waals surface area contributed by atoms with Gasteiger partial charge in [-0.05, 0) is 48.4 Å². The lowest BCUT2D eigenvalue weighted by Gasteiger charge is -2.18. The number of halogens is 2. The van der Waals surface area contributed by atoms with Crippen LogP contribution in [0, 0.1) is 0 Å². The van der Waals surface area contributed by atoms with Crippen molar-refractivity contribution >= 4 is 47.0 Å². The minimum absolute atomic E-state index is 0.0339. The summed E-state index contributed by atoms with van der Waals surface area (Å²) in [6.45, 7) is 1.18. The minimum atomic E-state index is -1.04. The third-order valence-corrected chi connectivity index (χ3v) is 4.73. The average Bonchev–Trinajstić information content (AvgIpc) is 3.10. The van der Waals surface area contributed by atoms with E-state index >= 15 is 0 Å². The predicted molar refractivity (Wildman–Crippen MR) is 105 cm³/mol. The first-order valence-electron chi connectivity index (χ1n) is 8.30. The highest BCUT2D eigenvalue weighted by Gasteiger charge is 2.27. The number of anilines is 1. The smallest absolute Gasteiger partial charge is 0.328 e. The van der Waals surface area contributed by atoms with Gasteiger partial charge in [0.15, 0.2) is 0 Å². The molecule has 1 atom stereocenters. The van der Waals surface area contributed by atoms with Crippen LogP contribution in [0.4, 0.5) is 5.82 Å². The Labute approximate surface area is 166 Å². The molecule has 1 aliphatic heterocycles. The number of likely N-dealkylation sites (tertiary alicyclic amines) is 1. The maximum atomic E-state index is 12.6. The molecule has 0 radical (unpaired) electrons. The van der Waals surface area contributed by atoms with E-state index < -0.39 is 5.97 Å². The topological polar surface area (TPSA) is 82.5 Å². The summed E-state index contributed by atoms with van der Waals surface area (Å²) in [6.07, 6.45) is 4.77. The highest BCUT2D eigenvalue weighted by molar-refractivity contribution is 6.33. The van der Waals surface area contributed by atoms with Crippen LogP contribution in [0.3, 0.4) is 0 Å². The molecule has 1 aliphatic rings. The number of amides is 1. The third kappa shape index (κ3) is 4.99. The highest BCUT2D eigenvalue weighted by Crippen LogP contribution is 2.24. The maximum Gasteiger partial charge on any atom is 0.328 e. The lowest BCUT2D eigenvalue weighted by molar-refractivity contribution is -0.131. The van der Waals surface area contributed by atoms with E-state index in [4.69, 9.17) is 28.3 Å². The Morgan fingerprint density at radius 1 is 1.26 bits per heavy atom. The van der Waals surface area contributed by atoms with Gasteiger partial charge >= 0.3 is 5.97 Å². The molecule has 1 amide bonds. The molecule has 3 rings (SSSR count). The fraction of sp³-hybridized carbons (Fsp3) is 0.211. The molecule has 0 spiro atoms. The van der Waals surface area contributed by atoms with Gasteiger partial charge in [-0.2, -0.15) is 0 Å². The molecule has 1 saturated heterocycles. The van der Waals surface area contributed by atoms with Crippen molar-refractivity contribution in [2.75, 3.05) is 18.4 Å². The van der Waals surface area contributed by atoms with Gasteiger partial charge in [0.2, 0.25) is 0 Å². The first kappa shape index (κ1) is 19.2. The molecule has 1 aromatic heterocycles. The van der Waals surface area contributed by atoms with Crippen LogP contribution in [0.15, 0.2) is 42.6 Å². The summed E-state index contributed by atoms with van der Waals surface area (Å²) < 4.78 is 0. The molecule has 2 N–H and O–H groups in total. The van der Waals surface area contributed by atoms with Crippen LogP contribution in [0.2, 0.25) is 10.0 Å². The lowest BCUT2D eigenvalue weighted by atomic mass is 10.2. The second-order valence-corrected chi connectivity index (χ2v) is 7.00. The second-order valence-electron chi connectivity index (χ2n) is 6.16. The molecule has 2 aromatic rings. The van der Waals surface area contributed by atoms with Crippen molar-refractivity contribution in [1.82, 2.24) is 9.88 Å². The Hall–Kier alpha value is -2.57. The zero-order valence-corrected chi connectivity index (χ0v) is 15.7. The number of benzene rings is 1. The van der Waals surface area contributed by atoms with Crippen LogP contribution in [-0.4, -0.2) is 46.0 Å². The van der Waals surface area contributed by atoms with E-state index in [2.05, 4.69) is 10.3 Å². The number of carbonyl (C=O) groups excluding carboxylic acids is 1. The summed E-state index contributed by atoms with van der Waals surface area (Å²) in [4.78, 5) is 29.1. The SMILES string of the molecule is O=C(O)/C=C/c1cnc(N[C@@H]2CCN(C(=O)c3ccc(Cl)cc3)C2)c(Cl)c1. The number of nitrogens with one attached hydrogen (secondary N) is 1. The average molecular weight is 406 g/mol. The lowest BCUT2D eigenvalue weighted by Crippen LogP contribution is -2.31. The molecular formula is C19H17Cl2N3O3.